The Kier molecular flexibility index (Phi) is 6.53. The molecule has 2 heterocycles. The van der Waals surface area contributed by atoms with Gasteiger partial charge in [0.1, 0.15) is 0 Å². The molecular formula is C22H30F3N3O2. The molecule has 2 aliphatic heterocycles. The topological polar surface area (TPSA) is 44.8 Å². The lowest BCUT2D eigenvalue weighted by molar-refractivity contribution is -0.137. The second-order valence-electron chi connectivity index (χ2n) is 8.62. The number of carbonyl (C=O) groups is 1. The van der Waals surface area contributed by atoms with Crippen LogP contribution in [0.15, 0.2) is 24.3 Å². The van der Waals surface area contributed by atoms with Crippen molar-refractivity contribution < 1.29 is 22.7 Å². The predicted molar refractivity (Wildman–Crippen MR) is 108 cm³/mol. The molecule has 1 aromatic rings. The fraction of sp³-hybridized carbons (Fsp3) is 0.682. The number of anilines is 1. The van der Waals surface area contributed by atoms with Gasteiger partial charge in [0, 0.05) is 63.1 Å². The zero-order chi connectivity index (χ0) is 21.1. The molecule has 1 saturated carbocycles. The van der Waals surface area contributed by atoms with Crippen molar-refractivity contribution in [1.29, 1.82) is 0 Å². The van der Waals surface area contributed by atoms with Crippen LogP contribution in [0.1, 0.15) is 37.7 Å². The summed E-state index contributed by atoms with van der Waals surface area (Å²) in [7, 11) is 0. The van der Waals surface area contributed by atoms with Gasteiger partial charge in [-0.25, -0.2) is 0 Å². The van der Waals surface area contributed by atoms with Gasteiger partial charge in [0.15, 0.2) is 0 Å². The van der Waals surface area contributed by atoms with Crippen LogP contribution in [0.5, 0.6) is 0 Å². The van der Waals surface area contributed by atoms with Crippen molar-refractivity contribution in [2.24, 2.45) is 5.92 Å². The Balaban J connectivity index is 1.24. The zero-order valence-electron chi connectivity index (χ0n) is 17.2. The van der Waals surface area contributed by atoms with Gasteiger partial charge >= 0.3 is 6.18 Å². The molecule has 30 heavy (non-hydrogen) atoms. The van der Waals surface area contributed by atoms with Crippen molar-refractivity contribution in [3.05, 3.63) is 29.8 Å². The van der Waals surface area contributed by atoms with Crippen LogP contribution in [0.2, 0.25) is 0 Å². The molecule has 0 radical (unpaired) electrons. The maximum Gasteiger partial charge on any atom is 0.416 e. The molecule has 1 N–H and O–H groups in total. The maximum absolute atomic E-state index is 13.0. The molecule has 2 saturated heterocycles. The molecule has 5 nitrogen and oxygen atoms in total. The summed E-state index contributed by atoms with van der Waals surface area (Å²) in [4.78, 5) is 17.0. The first-order chi connectivity index (χ1) is 14.4. The van der Waals surface area contributed by atoms with Crippen LogP contribution in [0, 0.1) is 5.92 Å². The molecule has 3 aliphatic rings. The van der Waals surface area contributed by atoms with Gasteiger partial charge in [-0.2, -0.15) is 13.2 Å². The molecule has 8 heteroatoms. The molecule has 1 aromatic carbocycles. The number of hydrogen-bond donors (Lipinski definition) is 1. The quantitative estimate of drug-likeness (QED) is 0.804. The van der Waals surface area contributed by atoms with Crippen LogP contribution in [-0.2, 0) is 15.7 Å². The minimum Gasteiger partial charge on any atom is -0.381 e. The second-order valence-corrected chi connectivity index (χ2v) is 8.62. The molecule has 0 aromatic heterocycles. The lowest BCUT2D eigenvalue weighted by atomic mass is 10.0. The van der Waals surface area contributed by atoms with E-state index in [1.807, 2.05) is 9.80 Å². The Bertz CT molecular complexity index is 711. The number of ether oxygens (including phenoxy) is 1. The number of alkyl halides is 3. The van der Waals surface area contributed by atoms with Crippen molar-refractivity contribution in [3.8, 4) is 0 Å². The lowest BCUT2D eigenvalue weighted by Crippen LogP contribution is -2.50. The highest BCUT2D eigenvalue weighted by atomic mass is 19.4. The van der Waals surface area contributed by atoms with Gasteiger partial charge in [0.25, 0.3) is 0 Å². The smallest absolute Gasteiger partial charge is 0.381 e. The van der Waals surface area contributed by atoms with E-state index in [9.17, 15) is 18.0 Å². The highest BCUT2D eigenvalue weighted by molar-refractivity contribution is 5.79. The van der Waals surface area contributed by atoms with E-state index < -0.39 is 11.7 Å². The molecule has 166 valence electrons. The van der Waals surface area contributed by atoms with Crippen LogP contribution < -0.4 is 10.2 Å². The lowest BCUT2D eigenvalue weighted by Gasteiger charge is -2.37. The van der Waals surface area contributed by atoms with Crippen LogP contribution in [0.25, 0.3) is 0 Å². The maximum atomic E-state index is 13.0. The van der Waals surface area contributed by atoms with Crippen LogP contribution in [0.3, 0.4) is 0 Å². The zero-order valence-corrected chi connectivity index (χ0v) is 17.2. The fourth-order valence-electron chi connectivity index (χ4n) is 4.86. The summed E-state index contributed by atoms with van der Waals surface area (Å²) in [6.07, 6.45) is 0.637. The van der Waals surface area contributed by atoms with E-state index in [2.05, 4.69) is 5.32 Å². The third-order valence-electron chi connectivity index (χ3n) is 6.63. The molecule has 3 fully saturated rings. The van der Waals surface area contributed by atoms with Crippen LogP contribution in [-0.4, -0.2) is 62.3 Å². The largest absolute Gasteiger partial charge is 0.416 e. The fourth-order valence-corrected chi connectivity index (χ4v) is 4.86. The van der Waals surface area contributed by atoms with Gasteiger partial charge in [0.05, 0.1) is 5.56 Å². The number of rotatable bonds is 4. The standard InChI is InChI=1S/C22H30F3N3O2/c23-22(24,25)17-2-5-20(6-3-17)27-9-11-28(12-10-27)21(29)16-1-4-19(15-16)26-18-7-13-30-14-8-18/h2-3,5-6,16,18-19,26H,1,4,7-15H2. The highest BCUT2D eigenvalue weighted by Gasteiger charge is 2.35. The van der Waals surface area contributed by atoms with Gasteiger partial charge in [-0.1, -0.05) is 0 Å². The van der Waals surface area contributed by atoms with E-state index >= 15 is 0 Å². The van der Waals surface area contributed by atoms with E-state index in [1.54, 1.807) is 0 Å². The number of carbonyl (C=O) groups excluding carboxylic acids is 1. The minimum absolute atomic E-state index is 0.0833. The number of nitrogens with zero attached hydrogens (tertiary/aromatic N) is 2. The average Bonchev–Trinajstić information content (AvgIpc) is 3.22. The van der Waals surface area contributed by atoms with Crippen molar-refractivity contribution in [2.45, 2.75) is 50.4 Å². The summed E-state index contributed by atoms with van der Waals surface area (Å²) in [5.41, 5.74) is 0.141. The molecule has 0 spiro atoms. The number of nitrogens with one attached hydrogen (secondary N) is 1. The van der Waals surface area contributed by atoms with E-state index in [4.69, 9.17) is 4.74 Å². The first-order valence-corrected chi connectivity index (χ1v) is 10.9. The highest BCUT2D eigenvalue weighted by Crippen LogP contribution is 2.31. The number of hydrogen-bond acceptors (Lipinski definition) is 4. The molecule has 1 aliphatic carbocycles. The average molecular weight is 425 g/mol. The molecule has 2 unspecified atom stereocenters. The number of piperazine rings is 1. The summed E-state index contributed by atoms with van der Waals surface area (Å²) in [6.45, 7) is 4.16. The third kappa shape index (κ3) is 5.09. The SMILES string of the molecule is O=C(C1CCC(NC2CCOCC2)C1)N1CCN(c2ccc(C(F)(F)F)cc2)CC1. The van der Waals surface area contributed by atoms with Crippen LogP contribution >= 0.6 is 0 Å². The number of benzene rings is 1. The van der Waals surface area contributed by atoms with Crippen molar-refractivity contribution in [2.75, 3.05) is 44.3 Å². The Morgan fingerprint density at radius 1 is 0.933 bits per heavy atom. The summed E-state index contributed by atoms with van der Waals surface area (Å²) in [5.74, 6) is 0.318. The molecule has 2 atom stereocenters. The van der Waals surface area contributed by atoms with Crippen molar-refractivity contribution in [3.63, 3.8) is 0 Å². The van der Waals surface area contributed by atoms with E-state index in [0.29, 0.717) is 38.3 Å². The second kappa shape index (κ2) is 9.14. The Labute approximate surface area is 175 Å². The normalized spacial score (nSPS) is 26.2. The summed E-state index contributed by atoms with van der Waals surface area (Å²) < 4.78 is 43.6. The van der Waals surface area contributed by atoms with E-state index in [0.717, 1.165) is 63.1 Å². The first-order valence-electron chi connectivity index (χ1n) is 10.9. The molecular weight excluding hydrogens is 395 g/mol. The summed E-state index contributed by atoms with van der Waals surface area (Å²) >= 11 is 0. The molecule has 1 amide bonds. The van der Waals surface area contributed by atoms with E-state index in [-0.39, 0.29) is 11.8 Å². The Hall–Kier alpha value is -1.80. The van der Waals surface area contributed by atoms with Gasteiger partial charge in [-0.15, -0.1) is 0 Å². The van der Waals surface area contributed by atoms with Crippen molar-refractivity contribution >= 4 is 11.6 Å². The molecule has 0 bridgehead atoms. The Morgan fingerprint density at radius 3 is 2.23 bits per heavy atom. The molecule has 4 rings (SSSR count). The van der Waals surface area contributed by atoms with Crippen LogP contribution in [0.4, 0.5) is 18.9 Å². The predicted octanol–water partition coefficient (Wildman–Crippen LogP) is 3.29. The van der Waals surface area contributed by atoms with E-state index in [1.165, 1.54) is 12.1 Å². The van der Waals surface area contributed by atoms with Gasteiger partial charge in [-0.05, 0) is 56.4 Å². The number of halogens is 3. The summed E-state index contributed by atoms with van der Waals surface area (Å²) in [6, 6.07) is 6.20. The first kappa shape index (κ1) is 21.4. The van der Waals surface area contributed by atoms with Gasteiger partial charge in [-0.3, -0.25) is 4.79 Å². The Morgan fingerprint density at radius 2 is 1.60 bits per heavy atom. The van der Waals surface area contributed by atoms with Crippen molar-refractivity contribution in [1.82, 2.24) is 10.2 Å². The third-order valence-corrected chi connectivity index (χ3v) is 6.63. The minimum atomic E-state index is -4.32. The van der Waals surface area contributed by atoms with Gasteiger partial charge in [0.2, 0.25) is 5.91 Å². The summed E-state index contributed by atoms with van der Waals surface area (Å²) in [5, 5.41) is 3.71. The monoisotopic (exact) mass is 425 g/mol. The number of amides is 1. The van der Waals surface area contributed by atoms with Gasteiger partial charge < -0.3 is 19.9 Å².